The number of nitrogens with zero attached hydrogens (tertiary/aromatic N) is 1. The molecule has 1 amide bonds. The number of rotatable bonds is 8. The van der Waals surface area contributed by atoms with Gasteiger partial charge in [-0.3, -0.25) is 4.79 Å². The van der Waals surface area contributed by atoms with Crippen LogP contribution in [0.15, 0.2) is 91.1 Å². The van der Waals surface area contributed by atoms with Crippen LogP contribution < -0.4 is 10.1 Å². The largest absolute Gasteiger partial charge is 0.480 e. The van der Waals surface area contributed by atoms with Gasteiger partial charge in [0.25, 0.3) is 5.91 Å². The van der Waals surface area contributed by atoms with Crippen molar-refractivity contribution < 1.29 is 45.8 Å². The van der Waals surface area contributed by atoms with Gasteiger partial charge < -0.3 is 15.2 Å². The molecule has 0 bridgehead atoms. The maximum atomic E-state index is 12.8. The summed E-state index contributed by atoms with van der Waals surface area (Å²) >= 11 is 0. The van der Waals surface area contributed by atoms with E-state index in [1.165, 1.54) is 36.4 Å². The van der Waals surface area contributed by atoms with Gasteiger partial charge >= 0.3 is 18.3 Å². The number of carbonyl (C=O) groups excluding carboxylic acids is 1. The highest BCUT2D eigenvalue weighted by Gasteiger charge is 2.31. The lowest BCUT2D eigenvalue weighted by atomic mass is 9.99. The molecule has 6 nitrogen and oxygen atoms in total. The highest BCUT2D eigenvalue weighted by Crippen LogP contribution is 2.32. The van der Waals surface area contributed by atoms with E-state index in [1.54, 1.807) is 24.3 Å². The number of benzene rings is 3. The number of halogens is 6. The van der Waals surface area contributed by atoms with Crippen molar-refractivity contribution in [1.29, 1.82) is 0 Å². The normalized spacial score (nSPS) is 12.4. The molecule has 1 aromatic heterocycles. The van der Waals surface area contributed by atoms with E-state index in [0.29, 0.717) is 22.9 Å². The molecule has 0 fully saturated rings. The minimum Gasteiger partial charge on any atom is -0.480 e. The fourth-order valence-electron chi connectivity index (χ4n) is 3.77. The quantitative estimate of drug-likeness (QED) is 0.221. The number of aliphatic carboxylic acids is 1. The van der Waals surface area contributed by atoms with Gasteiger partial charge in [-0.25, -0.2) is 9.78 Å². The van der Waals surface area contributed by atoms with Crippen molar-refractivity contribution in [3.63, 3.8) is 0 Å². The van der Waals surface area contributed by atoms with Crippen molar-refractivity contribution in [2.45, 2.75) is 24.8 Å². The summed E-state index contributed by atoms with van der Waals surface area (Å²) in [5, 5.41) is 12.1. The number of hydrogen-bond donors (Lipinski definition) is 2. The van der Waals surface area contributed by atoms with Gasteiger partial charge in [-0.15, -0.1) is 0 Å². The molecular weight excluding hydrogens is 554 g/mol. The van der Waals surface area contributed by atoms with Gasteiger partial charge in [0, 0.05) is 24.2 Å². The minimum absolute atomic E-state index is 0.0604. The molecule has 0 aliphatic carbocycles. The standard InChI is InChI=1S/C29H20F6N2O4/c30-28(31,32)21-9-5-19(6-10-21)18-3-1-17(2-4-18)15-24(27(39)40)37-26(38)20-7-12-23(13-8-20)41-25-14-11-22(16-36-25)29(33,34)35/h1-14,16,24H,15H2,(H,37,38)(H,39,40). The predicted molar refractivity (Wildman–Crippen MR) is 135 cm³/mol. The number of nitrogens with one attached hydrogen (secondary N) is 1. The van der Waals surface area contributed by atoms with E-state index in [0.717, 1.165) is 24.3 Å². The Morgan fingerprint density at radius 1 is 0.756 bits per heavy atom. The van der Waals surface area contributed by atoms with Crippen LogP contribution in [0, 0.1) is 0 Å². The fourth-order valence-corrected chi connectivity index (χ4v) is 3.77. The highest BCUT2D eigenvalue weighted by atomic mass is 19.4. The van der Waals surface area contributed by atoms with Crippen LogP contribution in [0.1, 0.15) is 27.0 Å². The molecule has 1 unspecified atom stereocenters. The Morgan fingerprint density at radius 3 is 1.78 bits per heavy atom. The van der Waals surface area contributed by atoms with Crippen LogP contribution in [0.3, 0.4) is 0 Å². The number of carboxylic acid groups (broad SMARTS) is 1. The maximum absolute atomic E-state index is 12.8. The topological polar surface area (TPSA) is 88.5 Å². The second kappa shape index (κ2) is 11.7. The first-order chi connectivity index (χ1) is 19.3. The van der Waals surface area contributed by atoms with E-state index in [1.807, 2.05) is 0 Å². The zero-order chi connectivity index (χ0) is 29.8. The van der Waals surface area contributed by atoms with Crippen molar-refractivity contribution >= 4 is 11.9 Å². The monoisotopic (exact) mass is 574 g/mol. The van der Waals surface area contributed by atoms with Gasteiger partial charge in [-0.05, 0) is 59.2 Å². The third kappa shape index (κ3) is 7.62. The van der Waals surface area contributed by atoms with Gasteiger partial charge in [0.2, 0.25) is 5.88 Å². The number of amides is 1. The summed E-state index contributed by atoms with van der Waals surface area (Å²) in [5.41, 5.74) is 0.167. The van der Waals surface area contributed by atoms with E-state index >= 15 is 0 Å². The molecule has 41 heavy (non-hydrogen) atoms. The molecule has 0 radical (unpaired) electrons. The number of aromatic nitrogens is 1. The molecule has 212 valence electrons. The minimum atomic E-state index is -4.53. The summed E-state index contributed by atoms with van der Waals surface area (Å²) in [6, 6.07) is 17.2. The fraction of sp³-hybridized carbons (Fsp3) is 0.138. The van der Waals surface area contributed by atoms with Crippen molar-refractivity contribution in [1.82, 2.24) is 10.3 Å². The summed E-state index contributed by atoms with van der Waals surface area (Å²) < 4.78 is 81.7. The second-order valence-electron chi connectivity index (χ2n) is 8.85. The van der Waals surface area contributed by atoms with E-state index in [4.69, 9.17) is 4.74 Å². The first-order valence-corrected chi connectivity index (χ1v) is 11.9. The Morgan fingerprint density at radius 2 is 1.29 bits per heavy atom. The molecule has 0 saturated carbocycles. The predicted octanol–water partition coefficient (Wildman–Crippen LogP) is 7.00. The van der Waals surface area contributed by atoms with Crippen LogP contribution >= 0.6 is 0 Å². The van der Waals surface area contributed by atoms with Crippen molar-refractivity contribution in [3.8, 4) is 22.8 Å². The Kier molecular flexibility index (Phi) is 8.31. The number of carboxylic acids is 1. The van der Waals surface area contributed by atoms with E-state index in [2.05, 4.69) is 10.3 Å². The second-order valence-corrected chi connectivity index (χ2v) is 8.85. The lowest BCUT2D eigenvalue weighted by Crippen LogP contribution is -2.42. The van der Waals surface area contributed by atoms with Crippen molar-refractivity contribution in [2.24, 2.45) is 0 Å². The Hall–Kier alpha value is -4.87. The van der Waals surface area contributed by atoms with Gasteiger partial charge in [0.1, 0.15) is 11.8 Å². The molecule has 2 N–H and O–H groups in total. The van der Waals surface area contributed by atoms with Crippen LogP contribution in [-0.2, 0) is 23.6 Å². The van der Waals surface area contributed by atoms with E-state index in [9.17, 15) is 41.0 Å². The van der Waals surface area contributed by atoms with Crippen LogP contribution in [0.4, 0.5) is 26.3 Å². The highest BCUT2D eigenvalue weighted by molar-refractivity contribution is 5.96. The molecule has 3 aromatic carbocycles. The molecular formula is C29H20F6N2O4. The lowest BCUT2D eigenvalue weighted by Gasteiger charge is -2.15. The third-order valence-electron chi connectivity index (χ3n) is 5.95. The maximum Gasteiger partial charge on any atom is 0.417 e. The molecule has 1 heterocycles. The van der Waals surface area contributed by atoms with Crippen LogP contribution in [0.25, 0.3) is 11.1 Å². The zero-order valence-corrected chi connectivity index (χ0v) is 20.8. The first kappa shape index (κ1) is 29.1. The molecule has 4 aromatic rings. The summed E-state index contributed by atoms with van der Waals surface area (Å²) in [7, 11) is 0. The van der Waals surface area contributed by atoms with E-state index < -0.39 is 41.4 Å². The van der Waals surface area contributed by atoms with Gasteiger partial charge in [0.05, 0.1) is 11.1 Å². The first-order valence-electron chi connectivity index (χ1n) is 11.9. The lowest BCUT2D eigenvalue weighted by molar-refractivity contribution is -0.139. The number of ether oxygens (including phenoxy) is 1. The van der Waals surface area contributed by atoms with Crippen LogP contribution in [0.2, 0.25) is 0 Å². The molecule has 0 aliphatic heterocycles. The molecule has 0 spiro atoms. The van der Waals surface area contributed by atoms with Crippen molar-refractivity contribution in [3.05, 3.63) is 113 Å². The average Bonchev–Trinajstić information content (AvgIpc) is 2.93. The van der Waals surface area contributed by atoms with Crippen molar-refractivity contribution in [2.75, 3.05) is 0 Å². The Labute approximate surface area is 229 Å². The molecule has 1 atom stereocenters. The summed E-state index contributed by atoms with van der Waals surface area (Å²) in [4.78, 5) is 28.1. The van der Waals surface area contributed by atoms with Crippen LogP contribution in [0.5, 0.6) is 11.6 Å². The van der Waals surface area contributed by atoms with Gasteiger partial charge in [-0.1, -0.05) is 36.4 Å². The summed E-state index contributed by atoms with van der Waals surface area (Å²) in [6.07, 6.45) is -8.41. The Bertz CT molecular complexity index is 1500. The number of pyridine rings is 1. The molecule has 0 saturated heterocycles. The molecule has 12 heteroatoms. The smallest absolute Gasteiger partial charge is 0.417 e. The van der Waals surface area contributed by atoms with Crippen LogP contribution in [-0.4, -0.2) is 28.0 Å². The Balaban J connectivity index is 1.37. The summed E-state index contributed by atoms with van der Waals surface area (Å²) in [5.74, 6) is -1.86. The van der Waals surface area contributed by atoms with Gasteiger partial charge in [-0.2, -0.15) is 26.3 Å². The molecule has 0 aliphatic rings. The third-order valence-corrected chi connectivity index (χ3v) is 5.95. The number of carbonyl (C=O) groups is 2. The number of alkyl halides is 6. The average molecular weight is 574 g/mol. The van der Waals surface area contributed by atoms with E-state index in [-0.39, 0.29) is 23.6 Å². The number of hydrogen-bond acceptors (Lipinski definition) is 4. The molecule has 4 rings (SSSR count). The zero-order valence-electron chi connectivity index (χ0n) is 20.8. The SMILES string of the molecule is O=C(NC(Cc1ccc(-c2ccc(C(F)(F)F)cc2)cc1)C(=O)O)c1ccc(Oc2ccc(C(F)(F)F)cn2)cc1. The summed E-state index contributed by atoms with van der Waals surface area (Å²) in [6.45, 7) is 0. The van der Waals surface area contributed by atoms with Gasteiger partial charge in [0.15, 0.2) is 0 Å².